The second-order valence-electron chi connectivity index (χ2n) is 17.5. The molecule has 0 heteroatoms. The molecule has 0 unspecified atom stereocenters. The fourth-order valence-corrected chi connectivity index (χ4v) is 11.7. The molecule has 3 aliphatic rings. The van der Waals surface area contributed by atoms with E-state index in [1.165, 1.54) is 146 Å². The van der Waals surface area contributed by atoms with Gasteiger partial charge in [-0.15, -0.1) is 0 Å². The van der Waals surface area contributed by atoms with Crippen LogP contribution in [0, 0.1) is 53.4 Å². The van der Waals surface area contributed by atoms with Crippen LogP contribution in [0.2, 0.25) is 0 Å². The van der Waals surface area contributed by atoms with Crippen molar-refractivity contribution < 1.29 is 0 Å². The molecule has 0 spiro atoms. The first-order valence-corrected chi connectivity index (χ1v) is 20.5. The molecule has 0 radical (unpaired) electrons. The van der Waals surface area contributed by atoms with Crippen LogP contribution in [-0.4, -0.2) is 0 Å². The van der Waals surface area contributed by atoms with Crippen molar-refractivity contribution in [1.29, 1.82) is 0 Å². The first-order valence-electron chi connectivity index (χ1n) is 20.5. The summed E-state index contributed by atoms with van der Waals surface area (Å²) < 4.78 is 0. The Hall–Kier alpha value is -3.12. The van der Waals surface area contributed by atoms with Crippen LogP contribution in [0.15, 0.2) is 60.7 Å². The molecule has 50 heavy (non-hydrogen) atoms. The molecule has 2 saturated carbocycles. The van der Waals surface area contributed by atoms with Gasteiger partial charge in [0.1, 0.15) is 0 Å². The molecule has 0 nitrogen and oxygen atoms in total. The van der Waals surface area contributed by atoms with E-state index < -0.39 is 0 Å². The number of hydrogen-bond donors (Lipinski definition) is 0. The third-order valence-corrected chi connectivity index (χ3v) is 13.9. The number of rotatable bonds is 12. The lowest BCUT2D eigenvalue weighted by Crippen LogP contribution is -2.43. The molecule has 4 aromatic carbocycles. The molecule has 0 aromatic heterocycles. The summed E-state index contributed by atoms with van der Waals surface area (Å²) in [5.41, 5.74) is 22.2. The Bertz CT molecular complexity index is 1670. The fraction of sp³-hybridized carbons (Fsp3) is 0.520. The smallest absolute Gasteiger partial charge is 0.00617 e. The molecular formula is C50H64. The minimum Gasteiger partial charge on any atom is -0.0654 e. The Morgan fingerprint density at radius 2 is 0.840 bits per heavy atom. The minimum atomic E-state index is 0.243. The normalized spacial score (nSPS) is 23.4. The maximum atomic E-state index is 2.63. The van der Waals surface area contributed by atoms with Crippen molar-refractivity contribution in [2.75, 3.05) is 0 Å². The molecule has 0 saturated heterocycles. The van der Waals surface area contributed by atoms with Crippen molar-refractivity contribution in [2.24, 2.45) is 11.8 Å². The maximum absolute atomic E-state index is 2.63. The molecule has 0 aliphatic heterocycles. The van der Waals surface area contributed by atoms with Gasteiger partial charge in [-0.05, 0) is 197 Å². The van der Waals surface area contributed by atoms with E-state index in [4.69, 9.17) is 0 Å². The number of fused-ring (bicyclic) bond motifs is 3. The van der Waals surface area contributed by atoms with Crippen LogP contribution in [0.25, 0.3) is 11.1 Å². The van der Waals surface area contributed by atoms with Crippen LogP contribution in [-0.2, 0) is 36.5 Å². The number of hydrogen-bond acceptors (Lipinski definition) is 0. The lowest BCUT2D eigenvalue weighted by atomic mass is 9.55. The van der Waals surface area contributed by atoms with Crippen LogP contribution in [0.1, 0.15) is 145 Å². The monoisotopic (exact) mass is 665 g/mol. The minimum absolute atomic E-state index is 0.243. The van der Waals surface area contributed by atoms with E-state index in [1.807, 2.05) is 0 Å². The Morgan fingerprint density at radius 1 is 0.480 bits per heavy atom. The van der Waals surface area contributed by atoms with Gasteiger partial charge in [0, 0.05) is 10.8 Å². The van der Waals surface area contributed by atoms with Crippen LogP contribution >= 0.6 is 0 Å². The first-order chi connectivity index (χ1) is 24.1. The van der Waals surface area contributed by atoms with Crippen molar-refractivity contribution in [3.05, 3.63) is 127 Å². The maximum Gasteiger partial charge on any atom is 0.00617 e. The van der Waals surface area contributed by atoms with Gasteiger partial charge in [0.2, 0.25) is 0 Å². The molecule has 0 N–H and O–H groups in total. The Morgan fingerprint density at radius 3 is 1.18 bits per heavy atom. The summed E-state index contributed by atoms with van der Waals surface area (Å²) in [5.74, 6) is 1.52. The molecule has 4 aromatic rings. The second-order valence-corrected chi connectivity index (χ2v) is 17.5. The van der Waals surface area contributed by atoms with Gasteiger partial charge >= 0.3 is 0 Å². The van der Waals surface area contributed by atoms with E-state index >= 15 is 0 Å². The molecule has 0 amide bonds. The van der Waals surface area contributed by atoms with Crippen molar-refractivity contribution in [2.45, 2.75) is 156 Å². The van der Waals surface area contributed by atoms with Crippen molar-refractivity contribution in [3.8, 4) is 11.1 Å². The van der Waals surface area contributed by atoms with Crippen molar-refractivity contribution in [1.82, 2.24) is 0 Å². The molecule has 0 atom stereocenters. The highest BCUT2D eigenvalue weighted by molar-refractivity contribution is 5.79. The average molecular weight is 665 g/mol. The number of aryl methyl sites for hydroxylation is 8. The lowest BCUT2D eigenvalue weighted by molar-refractivity contribution is 0.299. The summed E-state index contributed by atoms with van der Waals surface area (Å²) in [6.45, 7) is 18.8. The summed E-state index contributed by atoms with van der Waals surface area (Å²) in [6.07, 6.45) is 18.0. The predicted octanol–water partition coefficient (Wildman–Crippen LogP) is 13.5. The molecular weight excluding hydrogens is 601 g/mol. The van der Waals surface area contributed by atoms with Gasteiger partial charge in [0.25, 0.3) is 0 Å². The van der Waals surface area contributed by atoms with Crippen LogP contribution in [0.4, 0.5) is 0 Å². The van der Waals surface area contributed by atoms with Gasteiger partial charge < -0.3 is 0 Å². The van der Waals surface area contributed by atoms with E-state index in [-0.39, 0.29) is 10.8 Å². The van der Waals surface area contributed by atoms with Crippen molar-refractivity contribution >= 4 is 0 Å². The van der Waals surface area contributed by atoms with Gasteiger partial charge in [0.05, 0.1) is 0 Å². The predicted molar refractivity (Wildman–Crippen MR) is 216 cm³/mol. The Balaban J connectivity index is 1.21. The van der Waals surface area contributed by atoms with Gasteiger partial charge in [-0.3, -0.25) is 0 Å². The third-order valence-electron chi connectivity index (χ3n) is 13.9. The fourth-order valence-electron chi connectivity index (χ4n) is 11.7. The van der Waals surface area contributed by atoms with Crippen LogP contribution in [0.3, 0.4) is 0 Å². The molecule has 0 bridgehead atoms. The van der Waals surface area contributed by atoms with E-state index in [0.717, 1.165) is 11.8 Å². The highest BCUT2D eigenvalue weighted by atomic mass is 14.7. The van der Waals surface area contributed by atoms with Gasteiger partial charge in [0.15, 0.2) is 0 Å². The second kappa shape index (κ2) is 14.1. The lowest BCUT2D eigenvalue weighted by Gasteiger charge is -2.48. The van der Waals surface area contributed by atoms with Gasteiger partial charge in [-0.1, -0.05) is 98.5 Å². The average Bonchev–Trinajstić information content (AvgIpc) is 3.57. The summed E-state index contributed by atoms with van der Waals surface area (Å²) in [5, 5.41) is 0. The number of benzene rings is 4. The number of unbranched alkanes of at least 4 members (excludes halogenated alkanes) is 2. The van der Waals surface area contributed by atoms with Crippen LogP contribution < -0.4 is 0 Å². The molecule has 7 rings (SSSR count). The Labute approximate surface area is 305 Å². The van der Waals surface area contributed by atoms with Gasteiger partial charge in [-0.25, -0.2) is 0 Å². The molecule has 264 valence electrons. The topological polar surface area (TPSA) is 0 Å². The summed E-state index contributed by atoms with van der Waals surface area (Å²) >= 11 is 0. The van der Waals surface area contributed by atoms with Gasteiger partial charge in [-0.2, -0.15) is 0 Å². The third kappa shape index (κ3) is 6.22. The highest BCUT2D eigenvalue weighted by Crippen LogP contribution is 2.72. The zero-order valence-electron chi connectivity index (χ0n) is 32.8. The highest BCUT2D eigenvalue weighted by Gasteiger charge is 2.66. The van der Waals surface area contributed by atoms with E-state index in [1.54, 1.807) is 22.3 Å². The molecule has 0 heterocycles. The summed E-state index contributed by atoms with van der Waals surface area (Å²) in [4.78, 5) is 0. The van der Waals surface area contributed by atoms with E-state index in [0.29, 0.717) is 0 Å². The standard InChI is InChI=1S/C50H64/c1-9-11-13-39-25-35(5)43(36(6)26-39)21-17-41-29-49-31-42(18-22-44-37(7)27-40(14-12-10-2)28-38(44)8)32-50(49,30-41)48-24-34(4)16-20-46(48)45-19-15-33(3)23-47(45)49/h15-16,19-20,23-28,41-42H,9-14,17-18,21-22,29-32H2,1-8H3. The SMILES string of the molecule is CCCCc1cc(C)c(CCC2CC34CC(CCc5c(C)cc(CCCC)cc5C)CC3(C2)c2cc(C)ccc2-c2ccc(C)cc24)c(C)c1. The summed E-state index contributed by atoms with van der Waals surface area (Å²) in [7, 11) is 0. The zero-order valence-corrected chi connectivity index (χ0v) is 32.8. The zero-order chi connectivity index (χ0) is 35.2. The summed E-state index contributed by atoms with van der Waals surface area (Å²) in [6, 6.07) is 25.0. The van der Waals surface area contributed by atoms with Crippen LogP contribution in [0.5, 0.6) is 0 Å². The molecule has 3 aliphatic carbocycles. The largest absolute Gasteiger partial charge is 0.0654 e. The van der Waals surface area contributed by atoms with Crippen molar-refractivity contribution in [3.63, 3.8) is 0 Å². The quantitative estimate of drug-likeness (QED) is 0.141. The first kappa shape index (κ1) is 35.3. The van der Waals surface area contributed by atoms with E-state index in [2.05, 4.69) is 116 Å². The van der Waals surface area contributed by atoms with E-state index in [9.17, 15) is 0 Å². The molecule has 2 fully saturated rings. The Kier molecular flexibility index (Phi) is 9.97.